The van der Waals surface area contributed by atoms with E-state index < -0.39 is 0 Å². The summed E-state index contributed by atoms with van der Waals surface area (Å²) in [7, 11) is 1.94. The van der Waals surface area contributed by atoms with Crippen LogP contribution < -0.4 is 10.6 Å². The van der Waals surface area contributed by atoms with Crippen molar-refractivity contribution in [1.29, 1.82) is 0 Å². The molecule has 0 spiro atoms. The van der Waals surface area contributed by atoms with Gasteiger partial charge in [-0.3, -0.25) is 0 Å². The maximum absolute atomic E-state index is 3.52. The van der Waals surface area contributed by atoms with Gasteiger partial charge in [0, 0.05) is 25.8 Å². The molecule has 106 valence electrons. The third-order valence-electron chi connectivity index (χ3n) is 4.06. The number of benzene rings is 2. The Labute approximate surface area is 122 Å². The lowest BCUT2D eigenvalue weighted by Gasteiger charge is -2.12. The molecule has 20 heavy (non-hydrogen) atoms. The van der Waals surface area contributed by atoms with Gasteiger partial charge in [-0.25, -0.2) is 0 Å². The van der Waals surface area contributed by atoms with Crippen LogP contribution in [0.3, 0.4) is 0 Å². The monoisotopic (exact) mass is 268 g/mol. The molecule has 2 heteroatoms. The third-order valence-corrected chi connectivity index (χ3v) is 4.06. The Hall–Kier alpha value is -1.80. The highest BCUT2D eigenvalue weighted by molar-refractivity contribution is 5.43. The van der Waals surface area contributed by atoms with E-state index in [0.29, 0.717) is 0 Å². The van der Waals surface area contributed by atoms with E-state index in [2.05, 4.69) is 67.8 Å². The maximum Gasteiger partial charge on any atom is 0.0337 e. The third kappa shape index (κ3) is 3.40. The summed E-state index contributed by atoms with van der Waals surface area (Å²) < 4.78 is 0. The van der Waals surface area contributed by atoms with Gasteiger partial charge in [-0.2, -0.15) is 0 Å². The molecule has 0 aliphatic rings. The van der Waals surface area contributed by atoms with E-state index in [-0.39, 0.29) is 0 Å². The SMILES string of the molecule is CNc1ccc(CNCc2ccc(C)c(C)c2C)cc1. The molecule has 2 aromatic carbocycles. The number of rotatable bonds is 5. The molecule has 0 aromatic heterocycles. The lowest BCUT2D eigenvalue weighted by Crippen LogP contribution is -2.14. The van der Waals surface area contributed by atoms with Gasteiger partial charge in [0.25, 0.3) is 0 Å². The summed E-state index contributed by atoms with van der Waals surface area (Å²) in [6, 6.07) is 13.0. The zero-order chi connectivity index (χ0) is 14.5. The van der Waals surface area contributed by atoms with Crippen LogP contribution in [0.15, 0.2) is 36.4 Å². The van der Waals surface area contributed by atoms with Crippen molar-refractivity contribution in [2.45, 2.75) is 33.9 Å². The lowest BCUT2D eigenvalue weighted by atomic mass is 9.99. The van der Waals surface area contributed by atoms with Crippen LogP contribution in [0.1, 0.15) is 27.8 Å². The molecule has 2 nitrogen and oxygen atoms in total. The van der Waals surface area contributed by atoms with E-state index in [1.165, 1.54) is 27.8 Å². The van der Waals surface area contributed by atoms with Crippen molar-refractivity contribution in [3.05, 3.63) is 64.2 Å². The number of anilines is 1. The van der Waals surface area contributed by atoms with Crippen molar-refractivity contribution in [3.63, 3.8) is 0 Å². The first kappa shape index (κ1) is 14.6. The molecule has 0 amide bonds. The summed E-state index contributed by atoms with van der Waals surface area (Å²) in [5, 5.41) is 6.66. The second kappa shape index (κ2) is 6.58. The Balaban J connectivity index is 1.94. The molecule has 2 N–H and O–H groups in total. The molecule has 2 rings (SSSR count). The topological polar surface area (TPSA) is 24.1 Å². The van der Waals surface area contributed by atoms with Crippen LogP contribution >= 0.6 is 0 Å². The van der Waals surface area contributed by atoms with E-state index in [9.17, 15) is 0 Å². The van der Waals surface area contributed by atoms with Crippen molar-refractivity contribution >= 4 is 5.69 Å². The number of hydrogen-bond donors (Lipinski definition) is 2. The van der Waals surface area contributed by atoms with Crippen LogP contribution in [0.4, 0.5) is 5.69 Å². The van der Waals surface area contributed by atoms with Gasteiger partial charge < -0.3 is 10.6 Å². The summed E-state index contributed by atoms with van der Waals surface area (Å²) >= 11 is 0. The maximum atomic E-state index is 3.52. The predicted molar refractivity (Wildman–Crippen MR) is 87.2 cm³/mol. The molecule has 0 saturated carbocycles. The van der Waals surface area contributed by atoms with Crippen LogP contribution in [0.25, 0.3) is 0 Å². The van der Waals surface area contributed by atoms with Crippen molar-refractivity contribution in [3.8, 4) is 0 Å². The number of nitrogens with one attached hydrogen (secondary N) is 2. The highest BCUT2D eigenvalue weighted by atomic mass is 14.8. The molecule has 0 atom stereocenters. The number of aryl methyl sites for hydroxylation is 1. The van der Waals surface area contributed by atoms with Crippen LogP contribution in [0.5, 0.6) is 0 Å². The van der Waals surface area contributed by atoms with Gasteiger partial charge in [-0.15, -0.1) is 0 Å². The Kier molecular flexibility index (Phi) is 4.80. The summed E-state index contributed by atoms with van der Waals surface area (Å²) in [5.41, 5.74) is 8.03. The summed E-state index contributed by atoms with van der Waals surface area (Å²) in [4.78, 5) is 0. The van der Waals surface area contributed by atoms with Crippen molar-refractivity contribution in [2.75, 3.05) is 12.4 Å². The van der Waals surface area contributed by atoms with E-state index in [4.69, 9.17) is 0 Å². The highest BCUT2D eigenvalue weighted by Crippen LogP contribution is 2.17. The van der Waals surface area contributed by atoms with E-state index >= 15 is 0 Å². The predicted octanol–water partition coefficient (Wildman–Crippen LogP) is 3.94. The average molecular weight is 268 g/mol. The van der Waals surface area contributed by atoms with Gasteiger partial charge in [-0.1, -0.05) is 24.3 Å². The van der Waals surface area contributed by atoms with Crippen LogP contribution in [0.2, 0.25) is 0 Å². The van der Waals surface area contributed by atoms with Crippen LogP contribution in [0, 0.1) is 20.8 Å². The van der Waals surface area contributed by atoms with Gasteiger partial charge in [-0.05, 0) is 60.7 Å². The normalized spacial score (nSPS) is 10.6. The largest absolute Gasteiger partial charge is 0.388 e. The van der Waals surface area contributed by atoms with Crippen molar-refractivity contribution in [1.82, 2.24) is 5.32 Å². The summed E-state index contributed by atoms with van der Waals surface area (Å²) in [6.45, 7) is 8.39. The molecular weight excluding hydrogens is 244 g/mol. The first-order valence-electron chi connectivity index (χ1n) is 7.15. The Morgan fingerprint density at radius 1 is 0.800 bits per heavy atom. The average Bonchev–Trinajstić information content (AvgIpc) is 2.48. The zero-order valence-electron chi connectivity index (χ0n) is 12.9. The number of hydrogen-bond acceptors (Lipinski definition) is 2. The lowest BCUT2D eigenvalue weighted by molar-refractivity contribution is 0.690. The van der Waals surface area contributed by atoms with Gasteiger partial charge >= 0.3 is 0 Å². The standard InChI is InChI=1S/C18H24N2/c1-13-5-8-17(15(3)14(13)2)12-20-11-16-6-9-18(19-4)10-7-16/h5-10,19-20H,11-12H2,1-4H3. The van der Waals surface area contributed by atoms with E-state index in [0.717, 1.165) is 18.8 Å². The molecule has 0 heterocycles. The van der Waals surface area contributed by atoms with Gasteiger partial charge in [0.15, 0.2) is 0 Å². The molecule has 0 radical (unpaired) electrons. The minimum atomic E-state index is 0.899. The first-order valence-corrected chi connectivity index (χ1v) is 7.15. The van der Waals surface area contributed by atoms with Gasteiger partial charge in [0.1, 0.15) is 0 Å². The summed E-state index contributed by atoms with van der Waals surface area (Å²) in [6.07, 6.45) is 0. The minimum absolute atomic E-state index is 0.899. The smallest absolute Gasteiger partial charge is 0.0337 e. The molecule has 0 unspecified atom stereocenters. The molecule has 0 bridgehead atoms. The molecule has 2 aromatic rings. The van der Waals surface area contributed by atoms with Gasteiger partial charge in [0.2, 0.25) is 0 Å². The van der Waals surface area contributed by atoms with Crippen LogP contribution in [-0.4, -0.2) is 7.05 Å². The molecule has 0 saturated heterocycles. The molecule has 0 fully saturated rings. The molecule has 0 aliphatic carbocycles. The van der Waals surface area contributed by atoms with Crippen molar-refractivity contribution < 1.29 is 0 Å². The quantitative estimate of drug-likeness (QED) is 0.858. The first-order chi connectivity index (χ1) is 9.61. The Morgan fingerprint density at radius 3 is 2.15 bits per heavy atom. The van der Waals surface area contributed by atoms with E-state index in [1.54, 1.807) is 0 Å². The zero-order valence-corrected chi connectivity index (χ0v) is 12.9. The Morgan fingerprint density at radius 2 is 1.50 bits per heavy atom. The molecule has 0 aliphatic heterocycles. The van der Waals surface area contributed by atoms with E-state index in [1.807, 2.05) is 7.05 Å². The van der Waals surface area contributed by atoms with Gasteiger partial charge in [0.05, 0.1) is 0 Å². The van der Waals surface area contributed by atoms with Crippen LogP contribution in [-0.2, 0) is 13.1 Å². The fourth-order valence-corrected chi connectivity index (χ4v) is 2.33. The fourth-order valence-electron chi connectivity index (χ4n) is 2.33. The fraction of sp³-hybridized carbons (Fsp3) is 0.333. The second-order valence-corrected chi connectivity index (χ2v) is 5.34. The minimum Gasteiger partial charge on any atom is -0.388 e. The second-order valence-electron chi connectivity index (χ2n) is 5.34. The summed E-state index contributed by atoms with van der Waals surface area (Å²) in [5.74, 6) is 0. The highest BCUT2D eigenvalue weighted by Gasteiger charge is 2.03. The molecular formula is C18H24N2. The Bertz CT molecular complexity index is 571. The van der Waals surface area contributed by atoms with Crippen molar-refractivity contribution in [2.24, 2.45) is 0 Å².